The third kappa shape index (κ3) is 2.15. The highest BCUT2D eigenvalue weighted by Crippen LogP contribution is 2.16. The van der Waals surface area contributed by atoms with Crippen LogP contribution in [0.2, 0.25) is 0 Å². The molecule has 0 amide bonds. The summed E-state index contributed by atoms with van der Waals surface area (Å²) in [5, 5.41) is 16.0. The number of hydrogen-bond donors (Lipinski definition) is 1. The van der Waals surface area contributed by atoms with Gasteiger partial charge in [-0.25, -0.2) is 4.79 Å². The van der Waals surface area contributed by atoms with Crippen molar-refractivity contribution in [1.82, 2.24) is 19.9 Å². The first kappa shape index (κ1) is 10.1. The highest BCUT2D eigenvalue weighted by Gasteiger charge is 2.25. The normalized spacial score (nSPS) is 17.7. The standard InChI is InChI=1S/C9H14N4O2/c1-2-12-3-7(4-12)5-13-6-8(9(14)15)10-11-13/h6-7H,2-5H2,1H3,(H,14,15). The first-order valence-corrected chi connectivity index (χ1v) is 5.04. The summed E-state index contributed by atoms with van der Waals surface area (Å²) in [5.74, 6) is -0.446. The predicted molar refractivity (Wildman–Crippen MR) is 52.6 cm³/mol. The van der Waals surface area contributed by atoms with E-state index in [1.165, 1.54) is 6.20 Å². The molecule has 6 heteroatoms. The Morgan fingerprint density at radius 1 is 1.67 bits per heavy atom. The number of rotatable bonds is 4. The van der Waals surface area contributed by atoms with Gasteiger partial charge in [-0.15, -0.1) is 5.10 Å². The Bertz CT molecular complexity index is 357. The lowest BCUT2D eigenvalue weighted by Gasteiger charge is -2.38. The molecule has 1 fully saturated rings. The van der Waals surface area contributed by atoms with Gasteiger partial charge in [-0.3, -0.25) is 4.68 Å². The molecule has 1 saturated heterocycles. The van der Waals surface area contributed by atoms with Crippen molar-refractivity contribution in [3.05, 3.63) is 11.9 Å². The second kappa shape index (κ2) is 3.98. The fourth-order valence-electron chi connectivity index (χ4n) is 1.80. The van der Waals surface area contributed by atoms with Gasteiger partial charge in [-0.05, 0) is 6.54 Å². The topological polar surface area (TPSA) is 71.2 Å². The summed E-state index contributed by atoms with van der Waals surface area (Å²) in [6.45, 7) is 6.11. The molecular formula is C9H14N4O2. The van der Waals surface area contributed by atoms with Crippen LogP contribution in [0.5, 0.6) is 0 Å². The number of nitrogens with zero attached hydrogens (tertiary/aromatic N) is 4. The molecule has 1 aliphatic heterocycles. The zero-order valence-electron chi connectivity index (χ0n) is 8.63. The Balaban J connectivity index is 1.87. The van der Waals surface area contributed by atoms with E-state index in [2.05, 4.69) is 22.1 Å². The number of aromatic nitrogens is 3. The summed E-state index contributed by atoms with van der Waals surface area (Å²) in [4.78, 5) is 12.9. The Hall–Kier alpha value is -1.43. The van der Waals surface area contributed by atoms with Crippen LogP contribution in [0.1, 0.15) is 17.4 Å². The first-order chi connectivity index (χ1) is 7.19. The van der Waals surface area contributed by atoms with E-state index in [1.807, 2.05) is 0 Å². The largest absolute Gasteiger partial charge is 0.476 e. The van der Waals surface area contributed by atoms with E-state index in [4.69, 9.17) is 5.11 Å². The van der Waals surface area contributed by atoms with E-state index >= 15 is 0 Å². The fourth-order valence-corrected chi connectivity index (χ4v) is 1.80. The summed E-state index contributed by atoms with van der Waals surface area (Å²) in [7, 11) is 0. The zero-order chi connectivity index (χ0) is 10.8. The molecule has 0 unspecified atom stereocenters. The minimum Gasteiger partial charge on any atom is -0.476 e. The van der Waals surface area contributed by atoms with Crippen LogP contribution in [0.25, 0.3) is 0 Å². The maximum absolute atomic E-state index is 10.6. The molecule has 0 spiro atoms. The Kier molecular flexibility index (Phi) is 2.68. The molecule has 0 atom stereocenters. The number of carboxylic acids is 1. The van der Waals surface area contributed by atoms with Crippen molar-refractivity contribution in [2.24, 2.45) is 5.92 Å². The monoisotopic (exact) mass is 210 g/mol. The average Bonchev–Trinajstić information content (AvgIpc) is 2.58. The summed E-state index contributed by atoms with van der Waals surface area (Å²) < 4.78 is 1.61. The third-order valence-electron chi connectivity index (χ3n) is 2.68. The number of carboxylic acid groups (broad SMARTS) is 1. The van der Waals surface area contributed by atoms with Gasteiger partial charge in [0.05, 0.1) is 6.20 Å². The van der Waals surface area contributed by atoms with E-state index < -0.39 is 5.97 Å². The van der Waals surface area contributed by atoms with Gasteiger partial charge >= 0.3 is 5.97 Å². The summed E-state index contributed by atoms with van der Waals surface area (Å²) in [5.41, 5.74) is 0.0154. The van der Waals surface area contributed by atoms with Crippen LogP contribution in [0.4, 0.5) is 0 Å². The van der Waals surface area contributed by atoms with Crippen molar-refractivity contribution in [1.29, 1.82) is 0 Å². The minimum absolute atomic E-state index is 0.0154. The van der Waals surface area contributed by atoms with Gasteiger partial charge in [0.2, 0.25) is 0 Å². The lowest BCUT2D eigenvalue weighted by Crippen LogP contribution is -2.48. The van der Waals surface area contributed by atoms with Crippen molar-refractivity contribution < 1.29 is 9.90 Å². The van der Waals surface area contributed by atoms with Crippen LogP contribution in [0, 0.1) is 5.92 Å². The van der Waals surface area contributed by atoms with E-state index in [0.717, 1.165) is 26.2 Å². The van der Waals surface area contributed by atoms with Crippen LogP contribution < -0.4 is 0 Å². The molecule has 0 aliphatic carbocycles. The summed E-state index contributed by atoms with van der Waals surface area (Å²) in [6.07, 6.45) is 1.48. The molecule has 2 heterocycles. The smallest absolute Gasteiger partial charge is 0.358 e. The zero-order valence-corrected chi connectivity index (χ0v) is 8.63. The van der Waals surface area contributed by atoms with E-state index in [-0.39, 0.29) is 5.69 Å². The second-order valence-electron chi connectivity index (χ2n) is 3.85. The summed E-state index contributed by atoms with van der Waals surface area (Å²) >= 11 is 0. The maximum atomic E-state index is 10.6. The molecule has 82 valence electrons. The minimum atomic E-state index is -1.02. The van der Waals surface area contributed by atoms with E-state index in [0.29, 0.717) is 5.92 Å². The Labute approximate surface area is 87.5 Å². The lowest BCUT2D eigenvalue weighted by atomic mass is 10.0. The Morgan fingerprint density at radius 3 is 2.93 bits per heavy atom. The number of hydrogen-bond acceptors (Lipinski definition) is 4. The van der Waals surface area contributed by atoms with Crippen molar-refractivity contribution >= 4 is 5.97 Å². The molecule has 6 nitrogen and oxygen atoms in total. The molecule has 1 N–H and O–H groups in total. The van der Waals surface area contributed by atoms with E-state index in [9.17, 15) is 4.79 Å². The number of carbonyl (C=O) groups is 1. The molecule has 0 aromatic carbocycles. The molecule has 1 aromatic rings. The van der Waals surface area contributed by atoms with Crippen molar-refractivity contribution in [2.75, 3.05) is 19.6 Å². The molecule has 1 aliphatic rings. The molecule has 15 heavy (non-hydrogen) atoms. The predicted octanol–water partition coefficient (Wildman–Crippen LogP) is -0.0720. The molecule has 2 rings (SSSR count). The number of likely N-dealkylation sites (tertiary alicyclic amines) is 1. The molecule has 0 radical (unpaired) electrons. The van der Waals surface area contributed by atoms with Crippen LogP contribution in [0.15, 0.2) is 6.20 Å². The SMILES string of the molecule is CCN1CC(Cn2cc(C(=O)O)nn2)C1. The van der Waals surface area contributed by atoms with Gasteiger partial charge in [0.15, 0.2) is 5.69 Å². The molecular weight excluding hydrogens is 196 g/mol. The highest BCUT2D eigenvalue weighted by atomic mass is 16.4. The molecule has 0 saturated carbocycles. The molecule has 0 bridgehead atoms. The number of aromatic carboxylic acids is 1. The van der Waals surface area contributed by atoms with E-state index in [1.54, 1.807) is 4.68 Å². The van der Waals surface area contributed by atoms with Gasteiger partial charge < -0.3 is 10.0 Å². The van der Waals surface area contributed by atoms with Gasteiger partial charge in [-0.2, -0.15) is 0 Å². The van der Waals surface area contributed by atoms with Crippen LogP contribution in [-0.4, -0.2) is 50.6 Å². The van der Waals surface area contributed by atoms with Crippen molar-refractivity contribution in [3.63, 3.8) is 0 Å². The quantitative estimate of drug-likeness (QED) is 0.753. The van der Waals surface area contributed by atoms with Crippen molar-refractivity contribution in [3.8, 4) is 0 Å². The lowest BCUT2D eigenvalue weighted by molar-refractivity contribution is 0.0690. The Morgan fingerprint density at radius 2 is 2.40 bits per heavy atom. The molecule has 1 aromatic heterocycles. The van der Waals surface area contributed by atoms with Gasteiger partial charge in [0.1, 0.15) is 0 Å². The van der Waals surface area contributed by atoms with Crippen LogP contribution >= 0.6 is 0 Å². The van der Waals surface area contributed by atoms with Gasteiger partial charge in [0.25, 0.3) is 0 Å². The maximum Gasteiger partial charge on any atom is 0.358 e. The van der Waals surface area contributed by atoms with Gasteiger partial charge in [-0.1, -0.05) is 12.1 Å². The first-order valence-electron chi connectivity index (χ1n) is 5.04. The summed E-state index contributed by atoms with van der Waals surface area (Å²) in [6, 6.07) is 0. The highest BCUT2D eigenvalue weighted by molar-refractivity contribution is 5.84. The third-order valence-corrected chi connectivity index (χ3v) is 2.68. The van der Waals surface area contributed by atoms with Gasteiger partial charge in [0, 0.05) is 25.6 Å². The van der Waals surface area contributed by atoms with Crippen LogP contribution in [-0.2, 0) is 6.54 Å². The fraction of sp³-hybridized carbons (Fsp3) is 0.667. The van der Waals surface area contributed by atoms with Crippen LogP contribution in [0.3, 0.4) is 0 Å². The average molecular weight is 210 g/mol. The van der Waals surface area contributed by atoms with Crippen molar-refractivity contribution in [2.45, 2.75) is 13.5 Å². The second-order valence-corrected chi connectivity index (χ2v) is 3.85.